The predicted molar refractivity (Wildman–Crippen MR) is 130 cm³/mol. The fraction of sp³-hybridized carbons (Fsp3) is 0.143. The van der Waals surface area contributed by atoms with Gasteiger partial charge in [-0.15, -0.1) is 0 Å². The molecule has 0 heterocycles. The standard InChI is InChI=1S/C28H28P/c1-21-13-5-9-17-25(21)29(26-18-10-6-14-22(26)2,27-19-11-7-15-23(27)3)28-20-12-8-16-24(28)4/h5-20H,1-4H3/q+1. The molecule has 29 heavy (non-hydrogen) atoms. The van der Waals surface area contributed by atoms with Gasteiger partial charge in [0.25, 0.3) is 0 Å². The van der Waals surface area contributed by atoms with Crippen LogP contribution in [-0.4, -0.2) is 0 Å². The fourth-order valence-electron chi connectivity index (χ4n) is 4.54. The first-order chi connectivity index (χ1) is 14.1. The minimum atomic E-state index is -2.06. The molecule has 0 saturated heterocycles. The predicted octanol–water partition coefficient (Wildman–Crippen LogP) is 5.54. The van der Waals surface area contributed by atoms with E-state index in [2.05, 4.69) is 125 Å². The molecular formula is C28H28P+. The Kier molecular flexibility index (Phi) is 5.39. The summed E-state index contributed by atoms with van der Waals surface area (Å²) in [6, 6.07) is 35.9. The molecule has 0 nitrogen and oxygen atoms in total. The lowest BCUT2D eigenvalue weighted by Gasteiger charge is -2.31. The summed E-state index contributed by atoms with van der Waals surface area (Å²) >= 11 is 0. The Hall–Kier alpha value is -2.69. The fourth-order valence-corrected chi connectivity index (χ4v) is 9.75. The van der Waals surface area contributed by atoms with Gasteiger partial charge in [0.05, 0.1) is 0 Å². The Balaban J connectivity index is 2.28. The van der Waals surface area contributed by atoms with Gasteiger partial charge in [0.15, 0.2) is 0 Å². The van der Waals surface area contributed by atoms with Crippen LogP contribution in [0.1, 0.15) is 22.3 Å². The Morgan fingerprint density at radius 3 is 0.759 bits per heavy atom. The molecule has 0 bridgehead atoms. The van der Waals surface area contributed by atoms with E-state index in [1.807, 2.05) is 0 Å². The Labute approximate surface area is 175 Å². The van der Waals surface area contributed by atoms with E-state index in [0.29, 0.717) is 0 Å². The molecule has 4 aromatic carbocycles. The zero-order chi connectivity index (χ0) is 20.4. The van der Waals surface area contributed by atoms with E-state index >= 15 is 0 Å². The molecule has 0 aromatic heterocycles. The van der Waals surface area contributed by atoms with Crippen LogP contribution >= 0.6 is 7.26 Å². The molecule has 0 aliphatic rings. The van der Waals surface area contributed by atoms with Gasteiger partial charge in [0, 0.05) is 0 Å². The van der Waals surface area contributed by atoms with Crippen molar-refractivity contribution >= 4 is 28.5 Å². The molecule has 4 aromatic rings. The molecule has 0 saturated carbocycles. The molecule has 0 aliphatic heterocycles. The lowest BCUT2D eigenvalue weighted by molar-refractivity contribution is 1.47. The van der Waals surface area contributed by atoms with Gasteiger partial charge in [-0.25, -0.2) is 0 Å². The van der Waals surface area contributed by atoms with Crippen LogP contribution in [-0.2, 0) is 0 Å². The van der Waals surface area contributed by atoms with Crippen molar-refractivity contribution in [3.63, 3.8) is 0 Å². The van der Waals surface area contributed by atoms with Gasteiger partial charge in [0.1, 0.15) is 28.5 Å². The molecule has 0 unspecified atom stereocenters. The second-order valence-corrected chi connectivity index (χ2v) is 11.1. The first-order valence-corrected chi connectivity index (χ1v) is 12.0. The monoisotopic (exact) mass is 395 g/mol. The average Bonchev–Trinajstić information content (AvgIpc) is 2.73. The average molecular weight is 396 g/mol. The van der Waals surface area contributed by atoms with Gasteiger partial charge in [-0.2, -0.15) is 0 Å². The van der Waals surface area contributed by atoms with E-state index < -0.39 is 7.26 Å². The summed E-state index contributed by atoms with van der Waals surface area (Å²) < 4.78 is 0. The van der Waals surface area contributed by atoms with E-state index in [-0.39, 0.29) is 0 Å². The maximum atomic E-state index is 2.36. The van der Waals surface area contributed by atoms with Crippen LogP contribution < -0.4 is 21.2 Å². The molecule has 0 N–H and O–H groups in total. The summed E-state index contributed by atoms with van der Waals surface area (Å²) in [5, 5.41) is 5.83. The van der Waals surface area contributed by atoms with E-state index in [9.17, 15) is 0 Å². The zero-order valence-electron chi connectivity index (χ0n) is 17.7. The molecule has 0 fully saturated rings. The normalized spacial score (nSPS) is 11.4. The Morgan fingerprint density at radius 1 is 0.345 bits per heavy atom. The summed E-state index contributed by atoms with van der Waals surface area (Å²) in [5.41, 5.74) is 5.43. The number of hydrogen-bond donors (Lipinski definition) is 0. The van der Waals surface area contributed by atoms with Gasteiger partial charge in [0.2, 0.25) is 0 Å². The number of aryl methyl sites for hydroxylation is 4. The summed E-state index contributed by atoms with van der Waals surface area (Å²) in [4.78, 5) is 0. The van der Waals surface area contributed by atoms with E-state index in [1.54, 1.807) is 0 Å². The van der Waals surface area contributed by atoms with Crippen LogP contribution in [0.2, 0.25) is 0 Å². The van der Waals surface area contributed by atoms with Crippen molar-refractivity contribution < 1.29 is 0 Å². The third kappa shape index (κ3) is 3.22. The lowest BCUT2D eigenvalue weighted by Crippen LogP contribution is -2.42. The van der Waals surface area contributed by atoms with Crippen molar-refractivity contribution in [2.24, 2.45) is 0 Å². The third-order valence-electron chi connectivity index (χ3n) is 5.91. The second-order valence-electron chi connectivity index (χ2n) is 7.82. The van der Waals surface area contributed by atoms with Crippen molar-refractivity contribution in [2.75, 3.05) is 0 Å². The van der Waals surface area contributed by atoms with Crippen molar-refractivity contribution in [2.45, 2.75) is 27.7 Å². The first kappa shape index (κ1) is 19.6. The number of rotatable bonds is 4. The second kappa shape index (κ2) is 7.97. The minimum absolute atomic E-state index is 1.36. The highest BCUT2D eigenvalue weighted by Gasteiger charge is 2.51. The quantitative estimate of drug-likeness (QED) is 0.398. The Bertz CT molecular complexity index is 969. The SMILES string of the molecule is Cc1ccccc1[P+](c1ccccc1C)(c1ccccc1C)c1ccccc1C. The van der Waals surface area contributed by atoms with Gasteiger partial charge < -0.3 is 0 Å². The van der Waals surface area contributed by atoms with Crippen LogP contribution in [0.5, 0.6) is 0 Å². The van der Waals surface area contributed by atoms with Crippen LogP contribution in [0.15, 0.2) is 97.1 Å². The van der Waals surface area contributed by atoms with Gasteiger partial charge in [-0.1, -0.05) is 72.8 Å². The minimum Gasteiger partial charge on any atom is -0.0617 e. The lowest BCUT2D eigenvalue weighted by atomic mass is 10.2. The highest BCUT2D eigenvalue weighted by Crippen LogP contribution is 2.56. The van der Waals surface area contributed by atoms with Crippen LogP contribution in [0.3, 0.4) is 0 Å². The zero-order valence-corrected chi connectivity index (χ0v) is 18.6. The summed E-state index contributed by atoms with van der Waals surface area (Å²) in [6.45, 7) is 9.05. The van der Waals surface area contributed by atoms with Crippen molar-refractivity contribution in [3.05, 3.63) is 119 Å². The maximum Gasteiger partial charge on any atom is 0.145 e. The molecule has 144 valence electrons. The van der Waals surface area contributed by atoms with E-state index in [1.165, 1.54) is 43.5 Å². The number of benzene rings is 4. The highest BCUT2D eigenvalue weighted by atomic mass is 31.2. The smallest absolute Gasteiger partial charge is 0.0617 e. The van der Waals surface area contributed by atoms with Gasteiger partial charge in [-0.3, -0.25) is 0 Å². The van der Waals surface area contributed by atoms with Crippen molar-refractivity contribution in [1.29, 1.82) is 0 Å². The van der Waals surface area contributed by atoms with Gasteiger partial charge in [-0.05, 0) is 74.2 Å². The molecular weight excluding hydrogens is 367 g/mol. The van der Waals surface area contributed by atoms with Crippen LogP contribution in [0.25, 0.3) is 0 Å². The van der Waals surface area contributed by atoms with Crippen molar-refractivity contribution in [3.8, 4) is 0 Å². The highest BCUT2D eigenvalue weighted by molar-refractivity contribution is 8.01. The van der Waals surface area contributed by atoms with Crippen LogP contribution in [0.4, 0.5) is 0 Å². The van der Waals surface area contributed by atoms with Crippen LogP contribution in [0, 0.1) is 27.7 Å². The van der Waals surface area contributed by atoms with Crippen molar-refractivity contribution in [1.82, 2.24) is 0 Å². The topological polar surface area (TPSA) is 0 Å². The largest absolute Gasteiger partial charge is 0.145 e. The maximum absolute atomic E-state index is 2.36. The molecule has 1 heteroatoms. The third-order valence-corrected chi connectivity index (χ3v) is 10.8. The summed E-state index contributed by atoms with van der Waals surface area (Å²) in [5.74, 6) is 0. The number of hydrogen-bond acceptors (Lipinski definition) is 0. The Morgan fingerprint density at radius 2 is 0.552 bits per heavy atom. The molecule has 0 atom stereocenters. The summed E-state index contributed by atoms with van der Waals surface area (Å²) in [7, 11) is -2.06. The van der Waals surface area contributed by atoms with E-state index in [4.69, 9.17) is 0 Å². The molecule has 0 aliphatic carbocycles. The molecule has 0 spiro atoms. The molecule has 0 amide bonds. The van der Waals surface area contributed by atoms with Gasteiger partial charge >= 0.3 is 0 Å². The molecule has 0 radical (unpaired) electrons. The van der Waals surface area contributed by atoms with E-state index in [0.717, 1.165) is 0 Å². The molecule has 4 rings (SSSR count). The summed E-state index contributed by atoms with van der Waals surface area (Å²) in [6.07, 6.45) is 0. The first-order valence-electron chi connectivity index (χ1n) is 10.2.